The van der Waals surface area contributed by atoms with Gasteiger partial charge in [0.05, 0.1) is 39.2 Å². The quantitative estimate of drug-likeness (QED) is 0.309. The Hall–Kier alpha value is -3.34. The van der Waals surface area contributed by atoms with Gasteiger partial charge in [0.1, 0.15) is 0 Å². The van der Waals surface area contributed by atoms with Crippen LogP contribution in [0.15, 0.2) is 22.6 Å². The van der Waals surface area contributed by atoms with Crippen LogP contribution in [0.25, 0.3) is 0 Å². The lowest BCUT2D eigenvalue weighted by molar-refractivity contribution is -0.144. The van der Waals surface area contributed by atoms with Crippen molar-refractivity contribution in [2.24, 2.45) is 5.10 Å². The molecule has 162 valence electrons. The van der Waals surface area contributed by atoms with Gasteiger partial charge in [-0.3, -0.25) is 10.2 Å². The number of nitrogens with one attached hydrogen (secondary N) is 1. The Labute approximate surface area is 177 Å². The Morgan fingerprint density at radius 2 is 1.97 bits per heavy atom. The number of methoxy groups -OCH3 is 2. The van der Waals surface area contributed by atoms with Crippen LogP contribution in [0.2, 0.25) is 0 Å². The van der Waals surface area contributed by atoms with Crippen molar-refractivity contribution in [3.8, 4) is 17.2 Å². The van der Waals surface area contributed by atoms with Gasteiger partial charge in [-0.05, 0) is 26.0 Å². The predicted molar refractivity (Wildman–Crippen MR) is 111 cm³/mol. The van der Waals surface area contributed by atoms with Crippen molar-refractivity contribution < 1.29 is 33.6 Å². The van der Waals surface area contributed by atoms with Gasteiger partial charge in [0.25, 0.3) is 0 Å². The molecule has 0 saturated heterocycles. The van der Waals surface area contributed by atoms with Crippen LogP contribution in [-0.2, 0) is 20.7 Å². The summed E-state index contributed by atoms with van der Waals surface area (Å²) in [6, 6.07) is 3.26. The van der Waals surface area contributed by atoms with Crippen LogP contribution in [0.3, 0.4) is 0 Å². The van der Waals surface area contributed by atoms with E-state index in [0.717, 1.165) is 0 Å². The van der Waals surface area contributed by atoms with Crippen LogP contribution in [0.4, 0.5) is 5.13 Å². The number of hydrazone groups is 1. The highest BCUT2D eigenvalue weighted by Gasteiger charge is 2.20. The standard InChI is InChI=1S/C19H23N3O7S/c1-5-28-16(23)8-13-10-30-19(21-13)22-20-9-12-6-14(26-3)17(15(7-12)27-4)29-11(2)18(24)25/h6-7,9-11H,5,8H2,1-4H3,(H,21,22)(H,24,25). The summed E-state index contributed by atoms with van der Waals surface area (Å²) in [6.45, 7) is 3.48. The molecule has 0 amide bonds. The molecular weight excluding hydrogens is 414 g/mol. The maximum atomic E-state index is 11.5. The van der Waals surface area contributed by atoms with E-state index in [1.807, 2.05) is 0 Å². The van der Waals surface area contributed by atoms with Crippen LogP contribution in [0.1, 0.15) is 25.1 Å². The van der Waals surface area contributed by atoms with E-state index >= 15 is 0 Å². The Morgan fingerprint density at radius 1 is 1.30 bits per heavy atom. The number of anilines is 1. The monoisotopic (exact) mass is 437 g/mol. The van der Waals surface area contributed by atoms with Crippen LogP contribution in [0, 0.1) is 0 Å². The maximum Gasteiger partial charge on any atom is 0.344 e. The van der Waals surface area contributed by atoms with Crippen molar-refractivity contribution >= 4 is 34.6 Å². The smallest absolute Gasteiger partial charge is 0.344 e. The van der Waals surface area contributed by atoms with Crippen LogP contribution in [0.5, 0.6) is 17.2 Å². The number of hydrogen-bond acceptors (Lipinski definition) is 10. The summed E-state index contributed by atoms with van der Waals surface area (Å²) in [5.41, 5.74) is 4.00. The zero-order valence-corrected chi connectivity index (χ0v) is 17.8. The molecule has 2 aromatic rings. The summed E-state index contributed by atoms with van der Waals surface area (Å²) in [4.78, 5) is 26.8. The number of esters is 1. The molecule has 2 rings (SSSR count). The molecule has 2 N–H and O–H groups in total. The van der Waals surface area contributed by atoms with Crippen molar-refractivity contribution in [1.29, 1.82) is 0 Å². The number of rotatable bonds is 11. The molecule has 0 aliphatic carbocycles. The van der Waals surface area contributed by atoms with Gasteiger partial charge in [0, 0.05) is 10.9 Å². The molecule has 0 saturated carbocycles. The van der Waals surface area contributed by atoms with Crippen LogP contribution >= 0.6 is 11.3 Å². The lowest BCUT2D eigenvalue weighted by Crippen LogP contribution is -2.23. The molecule has 0 aliphatic rings. The minimum atomic E-state index is -1.11. The fourth-order valence-corrected chi connectivity index (χ4v) is 2.94. The third-order valence-corrected chi connectivity index (χ3v) is 4.48. The Balaban J connectivity index is 2.11. The van der Waals surface area contributed by atoms with E-state index in [2.05, 4.69) is 15.5 Å². The second-order valence-electron chi connectivity index (χ2n) is 5.85. The number of ether oxygens (including phenoxy) is 4. The molecule has 30 heavy (non-hydrogen) atoms. The first-order valence-corrected chi connectivity index (χ1v) is 9.80. The minimum Gasteiger partial charge on any atom is -0.493 e. The fraction of sp³-hybridized carbons (Fsp3) is 0.368. The first kappa shape index (κ1) is 22.9. The number of carbonyl (C=O) groups excluding carboxylic acids is 1. The van der Waals surface area contributed by atoms with Crippen LogP contribution in [-0.4, -0.2) is 55.2 Å². The SMILES string of the molecule is CCOC(=O)Cc1csc(NN=Cc2cc(OC)c(OC(C)C(=O)O)c(OC)c2)n1. The van der Waals surface area contributed by atoms with E-state index in [9.17, 15) is 9.59 Å². The molecule has 0 spiro atoms. The van der Waals surface area contributed by atoms with Crippen molar-refractivity contribution in [3.05, 3.63) is 28.8 Å². The largest absolute Gasteiger partial charge is 0.493 e. The average molecular weight is 437 g/mol. The van der Waals surface area contributed by atoms with Gasteiger partial charge in [-0.25, -0.2) is 9.78 Å². The summed E-state index contributed by atoms with van der Waals surface area (Å²) in [7, 11) is 2.87. The summed E-state index contributed by atoms with van der Waals surface area (Å²) >= 11 is 1.30. The summed E-state index contributed by atoms with van der Waals surface area (Å²) in [6.07, 6.45) is 0.532. The van der Waals surface area contributed by atoms with Gasteiger partial charge in [-0.15, -0.1) is 11.3 Å². The molecule has 1 atom stereocenters. The first-order valence-electron chi connectivity index (χ1n) is 8.92. The number of carbonyl (C=O) groups is 2. The highest BCUT2D eigenvalue weighted by Crippen LogP contribution is 2.39. The number of thiazole rings is 1. The van der Waals surface area contributed by atoms with Gasteiger partial charge in [-0.2, -0.15) is 5.10 Å². The lowest BCUT2D eigenvalue weighted by atomic mass is 10.2. The molecule has 1 heterocycles. The van der Waals surface area contributed by atoms with Gasteiger partial charge >= 0.3 is 11.9 Å². The van der Waals surface area contributed by atoms with Gasteiger partial charge in [0.15, 0.2) is 17.6 Å². The molecule has 1 aromatic carbocycles. The minimum absolute atomic E-state index is 0.0976. The average Bonchev–Trinajstić information content (AvgIpc) is 3.15. The number of aliphatic carboxylic acids is 1. The fourth-order valence-electron chi connectivity index (χ4n) is 2.28. The number of carboxylic acid groups (broad SMARTS) is 1. The maximum absolute atomic E-state index is 11.5. The topological polar surface area (TPSA) is 129 Å². The van der Waals surface area contributed by atoms with Gasteiger partial charge < -0.3 is 24.1 Å². The van der Waals surface area contributed by atoms with E-state index < -0.39 is 12.1 Å². The Bertz CT molecular complexity index is 888. The molecule has 10 nitrogen and oxygen atoms in total. The number of nitrogens with zero attached hydrogens (tertiary/aromatic N) is 2. The van der Waals surface area contributed by atoms with Crippen molar-refractivity contribution in [3.63, 3.8) is 0 Å². The molecule has 1 unspecified atom stereocenters. The Kier molecular flexibility index (Phi) is 8.41. The van der Waals surface area contributed by atoms with Crippen molar-refractivity contribution in [2.45, 2.75) is 26.4 Å². The highest BCUT2D eigenvalue weighted by molar-refractivity contribution is 7.13. The highest BCUT2D eigenvalue weighted by atomic mass is 32.1. The second kappa shape index (κ2) is 11.0. The molecule has 0 aliphatic heterocycles. The number of benzene rings is 1. The Morgan fingerprint density at radius 3 is 2.53 bits per heavy atom. The van der Waals surface area contributed by atoms with Crippen molar-refractivity contribution in [1.82, 2.24) is 4.98 Å². The second-order valence-corrected chi connectivity index (χ2v) is 6.71. The van der Waals surface area contributed by atoms with E-state index in [-0.39, 0.29) is 18.1 Å². The summed E-state index contributed by atoms with van der Waals surface area (Å²) in [5, 5.41) is 15.4. The molecule has 0 fully saturated rings. The number of carboxylic acids is 1. The zero-order valence-electron chi connectivity index (χ0n) is 17.0. The first-order chi connectivity index (χ1) is 14.4. The molecule has 0 radical (unpaired) electrons. The number of hydrogen-bond donors (Lipinski definition) is 2. The van der Waals surface area contributed by atoms with Crippen LogP contribution < -0.4 is 19.6 Å². The molecule has 0 bridgehead atoms. The third kappa shape index (κ3) is 6.34. The van der Waals surface area contributed by atoms with E-state index in [1.165, 1.54) is 38.7 Å². The van der Waals surface area contributed by atoms with Crippen molar-refractivity contribution in [2.75, 3.05) is 26.3 Å². The lowest BCUT2D eigenvalue weighted by Gasteiger charge is -2.17. The third-order valence-electron chi connectivity index (χ3n) is 3.68. The van der Waals surface area contributed by atoms with Gasteiger partial charge in [-0.1, -0.05) is 0 Å². The zero-order chi connectivity index (χ0) is 22.1. The normalized spacial score (nSPS) is 11.7. The summed E-state index contributed by atoms with van der Waals surface area (Å²) < 4.78 is 20.9. The molecular formula is C19H23N3O7S. The van der Waals surface area contributed by atoms with E-state index in [1.54, 1.807) is 24.4 Å². The summed E-state index contributed by atoms with van der Waals surface area (Å²) in [5.74, 6) is -0.662. The molecule has 1 aromatic heterocycles. The number of aromatic nitrogens is 1. The predicted octanol–water partition coefficient (Wildman–Crippen LogP) is 2.56. The molecule has 11 heteroatoms. The van der Waals surface area contributed by atoms with E-state index in [4.69, 9.17) is 24.1 Å². The van der Waals surface area contributed by atoms with Gasteiger partial charge in [0.2, 0.25) is 10.9 Å². The van der Waals surface area contributed by atoms with E-state index in [0.29, 0.717) is 34.5 Å².